The number of fused-ring (bicyclic) bond motifs is 16. The van der Waals surface area contributed by atoms with Crippen LogP contribution in [-0.2, 0) is 5.41 Å². The number of rotatable bonds is 14. The van der Waals surface area contributed by atoms with Gasteiger partial charge in [-0.1, -0.05) is 279 Å². The summed E-state index contributed by atoms with van der Waals surface area (Å²) in [6, 6.07) is 132. The first-order valence-corrected chi connectivity index (χ1v) is 36.0. The summed E-state index contributed by atoms with van der Waals surface area (Å²) < 4.78 is 0. The Kier molecular flexibility index (Phi) is 13.8. The van der Waals surface area contributed by atoms with Gasteiger partial charge in [0.05, 0.1) is 5.41 Å². The first-order chi connectivity index (χ1) is 50.8. The molecular formula is C101H70N2. The molecule has 0 N–H and O–H groups in total. The van der Waals surface area contributed by atoms with Gasteiger partial charge in [0.15, 0.2) is 0 Å². The largest absolute Gasteiger partial charge is 0.310 e. The summed E-state index contributed by atoms with van der Waals surface area (Å²) in [5.41, 5.74) is 46.3. The van der Waals surface area contributed by atoms with Crippen LogP contribution in [0.15, 0.2) is 352 Å². The fourth-order valence-electron chi connectivity index (χ4n) is 17.8. The van der Waals surface area contributed by atoms with Crippen molar-refractivity contribution in [2.45, 2.75) is 33.1 Å². The molecule has 20 rings (SSSR count). The maximum atomic E-state index is 2.48. The van der Waals surface area contributed by atoms with Crippen molar-refractivity contribution in [1.29, 1.82) is 0 Å². The van der Waals surface area contributed by atoms with E-state index in [1.54, 1.807) is 0 Å². The molecule has 0 unspecified atom stereocenters. The molecule has 484 valence electrons. The summed E-state index contributed by atoms with van der Waals surface area (Å²) in [5, 5.41) is 0. The van der Waals surface area contributed by atoms with Crippen LogP contribution in [0.1, 0.15) is 44.5 Å². The van der Waals surface area contributed by atoms with E-state index in [-0.39, 0.29) is 0 Å². The second-order valence-corrected chi connectivity index (χ2v) is 28.3. The zero-order valence-electron chi connectivity index (χ0n) is 57.9. The van der Waals surface area contributed by atoms with Crippen molar-refractivity contribution in [2.75, 3.05) is 9.80 Å². The van der Waals surface area contributed by atoms with Crippen LogP contribution in [0.25, 0.3) is 134 Å². The summed E-state index contributed by atoms with van der Waals surface area (Å²) in [6.07, 6.45) is 0. The molecule has 16 aromatic carbocycles. The van der Waals surface area contributed by atoms with E-state index in [0.717, 1.165) is 45.3 Å². The highest BCUT2D eigenvalue weighted by atomic mass is 15.1. The van der Waals surface area contributed by atoms with E-state index in [9.17, 15) is 0 Å². The zero-order chi connectivity index (χ0) is 68.6. The molecule has 0 heterocycles. The molecule has 0 bridgehead atoms. The molecule has 4 aliphatic rings. The quantitative estimate of drug-likeness (QED) is 0.100. The van der Waals surface area contributed by atoms with Crippen molar-refractivity contribution >= 4 is 34.1 Å². The Morgan fingerprint density at radius 3 is 0.602 bits per heavy atom. The highest BCUT2D eigenvalue weighted by Gasteiger charge is 2.40. The maximum absolute atomic E-state index is 2.48. The van der Waals surface area contributed by atoms with Gasteiger partial charge in [0.1, 0.15) is 0 Å². The molecule has 2 nitrogen and oxygen atoms in total. The van der Waals surface area contributed by atoms with E-state index in [1.807, 2.05) is 0 Å². The first-order valence-electron chi connectivity index (χ1n) is 36.0. The van der Waals surface area contributed by atoms with Gasteiger partial charge in [-0.3, -0.25) is 0 Å². The molecule has 0 aromatic heterocycles. The average molecular weight is 1310 g/mol. The topological polar surface area (TPSA) is 6.48 Å². The predicted octanol–water partition coefficient (Wildman–Crippen LogP) is 27.5. The van der Waals surface area contributed by atoms with Crippen molar-refractivity contribution in [3.63, 3.8) is 0 Å². The Balaban J connectivity index is 0.748. The SMILES string of the molecule is Cc1ccc(N(c2ccc(C(c3ccccc3)(c3ccccc3)c3ccc(N(c4ccc(C)c(-c5cccc6c5-c5ccccc5-6)c4)c4ccc(C)c(-c5cccc6c5-c5ccccc5-6)c4)cc3)cc2)c2ccc(C)c(-c3cccc4c3-c3ccccc3-4)c2)cc1-c1cccc2c1-c1ccccc1-2. The fraction of sp³-hybridized carbons (Fsp3) is 0.0495. The van der Waals surface area contributed by atoms with Gasteiger partial charge < -0.3 is 9.80 Å². The molecule has 0 radical (unpaired) electrons. The van der Waals surface area contributed by atoms with Crippen LogP contribution >= 0.6 is 0 Å². The number of aryl methyl sites for hydroxylation is 4. The molecule has 2 heteroatoms. The standard InChI is InChI=1S/C101H70N2/c1-63-43-51-73(59-93(63)89-39-19-35-85-77-27-11-15-31-81(77)97(85)89)102(74-52-44-64(2)94(60-74)90-40-20-36-86-78-28-12-16-32-82(78)98(86)90)71-55-47-69(48-56-71)101(67-23-7-5-8-24-67,68-25-9-6-10-26-68)70-49-57-72(58-50-70)103(75-53-45-65(3)95(61-75)91-41-21-37-87-79-29-13-17-33-83(79)99(87)91)76-54-46-66(4)96(62-76)92-42-22-38-88-80-30-14-18-34-84(80)100(88)92/h5-62H,1-4H3. The number of nitrogens with zero attached hydrogens (tertiary/aromatic N) is 2. The molecule has 103 heavy (non-hydrogen) atoms. The lowest BCUT2D eigenvalue weighted by molar-refractivity contribution is 0.745. The Bertz CT molecular complexity index is 5490. The predicted molar refractivity (Wildman–Crippen MR) is 433 cm³/mol. The normalized spacial score (nSPS) is 12.1. The van der Waals surface area contributed by atoms with Gasteiger partial charge >= 0.3 is 0 Å². The first kappa shape index (κ1) is 60.1. The Labute approximate surface area is 603 Å². The highest BCUT2D eigenvalue weighted by molar-refractivity contribution is 6.13. The van der Waals surface area contributed by atoms with E-state index < -0.39 is 5.41 Å². The Morgan fingerprint density at radius 2 is 0.350 bits per heavy atom. The molecule has 0 saturated heterocycles. The third-order valence-electron chi connectivity index (χ3n) is 22.8. The lowest BCUT2D eigenvalue weighted by atomic mass is 9.65. The van der Waals surface area contributed by atoms with Gasteiger partial charge in [0.25, 0.3) is 0 Å². The molecule has 0 fully saturated rings. The Hall–Kier alpha value is -12.9. The lowest BCUT2D eigenvalue weighted by Crippen LogP contribution is -2.31. The second-order valence-electron chi connectivity index (χ2n) is 28.3. The lowest BCUT2D eigenvalue weighted by Gasteiger charge is -2.38. The van der Waals surface area contributed by atoms with Gasteiger partial charge in [0.2, 0.25) is 0 Å². The number of hydrogen-bond acceptors (Lipinski definition) is 2. The van der Waals surface area contributed by atoms with Crippen molar-refractivity contribution in [3.8, 4) is 134 Å². The molecule has 0 amide bonds. The summed E-state index contributed by atoms with van der Waals surface area (Å²) in [7, 11) is 0. The minimum Gasteiger partial charge on any atom is -0.310 e. The van der Waals surface area contributed by atoms with Gasteiger partial charge in [-0.25, -0.2) is 0 Å². The molecule has 0 spiro atoms. The van der Waals surface area contributed by atoms with Crippen LogP contribution < -0.4 is 9.80 Å². The smallest absolute Gasteiger partial charge is 0.0701 e. The fourth-order valence-corrected chi connectivity index (χ4v) is 17.8. The maximum Gasteiger partial charge on any atom is 0.0701 e. The minimum absolute atomic E-state index is 0.759. The highest BCUT2D eigenvalue weighted by Crippen LogP contribution is 2.58. The van der Waals surface area contributed by atoms with Crippen LogP contribution in [0.4, 0.5) is 34.1 Å². The summed E-state index contributed by atoms with van der Waals surface area (Å²) >= 11 is 0. The second kappa shape index (κ2) is 23.6. The van der Waals surface area contributed by atoms with Crippen LogP contribution in [0.3, 0.4) is 0 Å². The molecular weight excluding hydrogens is 1240 g/mol. The molecule has 0 saturated carbocycles. The Morgan fingerprint density at radius 1 is 0.155 bits per heavy atom. The monoisotopic (exact) mass is 1310 g/mol. The van der Waals surface area contributed by atoms with Crippen molar-refractivity contribution in [3.05, 3.63) is 396 Å². The summed E-state index contributed by atoms with van der Waals surface area (Å²) in [6.45, 7) is 9.03. The van der Waals surface area contributed by atoms with E-state index in [4.69, 9.17) is 0 Å². The molecule has 16 aromatic rings. The summed E-state index contributed by atoms with van der Waals surface area (Å²) in [4.78, 5) is 4.96. The van der Waals surface area contributed by atoms with Gasteiger partial charge in [-0.2, -0.15) is 0 Å². The van der Waals surface area contributed by atoms with E-state index in [1.165, 1.54) is 167 Å². The van der Waals surface area contributed by atoms with Gasteiger partial charge in [-0.05, 0) is 279 Å². The van der Waals surface area contributed by atoms with Crippen molar-refractivity contribution in [2.24, 2.45) is 0 Å². The number of hydrogen-bond donors (Lipinski definition) is 0. The van der Waals surface area contributed by atoms with Crippen LogP contribution in [-0.4, -0.2) is 0 Å². The third kappa shape index (κ3) is 9.20. The van der Waals surface area contributed by atoms with E-state index in [2.05, 4.69) is 389 Å². The molecule has 0 aliphatic heterocycles. The number of benzene rings is 16. The van der Waals surface area contributed by atoms with Crippen LogP contribution in [0.2, 0.25) is 0 Å². The molecule has 0 atom stereocenters. The number of anilines is 6. The van der Waals surface area contributed by atoms with Crippen molar-refractivity contribution in [1.82, 2.24) is 0 Å². The van der Waals surface area contributed by atoms with Crippen LogP contribution in [0, 0.1) is 27.7 Å². The summed E-state index contributed by atoms with van der Waals surface area (Å²) in [5.74, 6) is 0. The van der Waals surface area contributed by atoms with Gasteiger partial charge in [-0.15, -0.1) is 0 Å². The average Bonchev–Trinajstić information content (AvgIpc) is 0.741. The zero-order valence-corrected chi connectivity index (χ0v) is 57.9. The van der Waals surface area contributed by atoms with Crippen LogP contribution in [0.5, 0.6) is 0 Å². The minimum atomic E-state index is -0.759. The molecule has 4 aliphatic carbocycles. The van der Waals surface area contributed by atoms with E-state index in [0.29, 0.717) is 0 Å². The van der Waals surface area contributed by atoms with Crippen molar-refractivity contribution < 1.29 is 0 Å². The van der Waals surface area contributed by atoms with E-state index >= 15 is 0 Å². The van der Waals surface area contributed by atoms with Gasteiger partial charge in [0, 0.05) is 34.1 Å². The third-order valence-corrected chi connectivity index (χ3v) is 22.8.